The monoisotopic (exact) mass is 347 g/mol. The van der Waals surface area contributed by atoms with Crippen molar-refractivity contribution < 1.29 is 9.59 Å². The minimum absolute atomic E-state index is 0.0743. The van der Waals surface area contributed by atoms with Gasteiger partial charge in [0.1, 0.15) is 11.4 Å². The van der Waals surface area contributed by atoms with Gasteiger partial charge in [-0.25, -0.2) is 0 Å². The highest BCUT2D eigenvalue weighted by Crippen LogP contribution is 2.27. The van der Waals surface area contributed by atoms with Gasteiger partial charge in [-0.05, 0) is 5.56 Å². The number of carbonyl (C=O) groups excluding carboxylic acids is 2. The largest absolute Gasteiger partial charge is 0.394 e. The summed E-state index contributed by atoms with van der Waals surface area (Å²) in [5.74, 6) is -0.392. The van der Waals surface area contributed by atoms with E-state index in [2.05, 4.69) is 17.0 Å². The summed E-state index contributed by atoms with van der Waals surface area (Å²) in [6.45, 7) is 3.91. The van der Waals surface area contributed by atoms with Crippen LogP contribution in [0.25, 0.3) is 0 Å². The molecule has 0 atom stereocenters. The van der Waals surface area contributed by atoms with Crippen molar-refractivity contribution in [1.82, 2.24) is 9.80 Å². The molecule has 1 aliphatic heterocycles. The summed E-state index contributed by atoms with van der Waals surface area (Å²) in [4.78, 5) is 29.8. The molecule has 0 amide bonds. The van der Waals surface area contributed by atoms with Crippen molar-refractivity contribution >= 4 is 11.6 Å². The highest BCUT2D eigenvalue weighted by atomic mass is 16.1. The van der Waals surface area contributed by atoms with Gasteiger partial charge < -0.3 is 10.6 Å². The lowest BCUT2D eigenvalue weighted by Crippen LogP contribution is -2.48. The third-order valence-corrected chi connectivity index (χ3v) is 5.07. The number of piperazine rings is 1. The quantitative estimate of drug-likeness (QED) is 0.920. The first kappa shape index (κ1) is 16.5. The summed E-state index contributed by atoms with van der Waals surface area (Å²) in [5, 5.41) is 0. The fourth-order valence-corrected chi connectivity index (χ4v) is 3.67. The maximum Gasteiger partial charge on any atom is 0.212 e. The summed E-state index contributed by atoms with van der Waals surface area (Å²) >= 11 is 0. The van der Waals surface area contributed by atoms with Crippen LogP contribution in [0.15, 0.2) is 66.0 Å². The van der Waals surface area contributed by atoms with Crippen molar-refractivity contribution in [2.24, 2.45) is 5.73 Å². The lowest BCUT2D eigenvalue weighted by Gasteiger charge is -2.38. The Kier molecular flexibility index (Phi) is 4.31. The van der Waals surface area contributed by atoms with E-state index in [0.29, 0.717) is 29.9 Å². The molecule has 0 unspecified atom stereocenters. The highest BCUT2D eigenvalue weighted by Gasteiger charge is 2.34. The first-order valence-electron chi connectivity index (χ1n) is 8.84. The Morgan fingerprint density at radius 1 is 0.769 bits per heavy atom. The van der Waals surface area contributed by atoms with Gasteiger partial charge in [-0.2, -0.15) is 0 Å². The molecule has 0 aromatic heterocycles. The number of nitrogens with zero attached hydrogens (tertiary/aromatic N) is 2. The molecule has 26 heavy (non-hydrogen) atoms. The highest BCUT2D eigenvalue weighted by molar-refractivity contribution is 6.26. The maximum absolute atomic E-state index is 12.9. The first-order chi connectivity index (χ1) is 12.6. The molecule has 2 aromatic rings. The molecule has 5 nitrogen and oxygen atoms in total. The van der Waals surface area contributed by atoms with E-state index in [1.807, 2.05) is 23.1 Å². The Bertz CT molecular complexity index is 881. The molecule has 2 aliphatic rings. The number of carbonyl (C=O) groups is 2. The van der Waals surface area contributed by atoms with Crippen LogP contribution in [0.1, 0.15) is 26.3 Å². The number of nitrogens with two attached hydrogens (primary N) is 1. The number of fused-ring (bicyclic) bond motifs is 1. The van der Waals surface area contributed by atoms with E-state index in [-0.39, 0.29) is 17.3 Å². The second kappa shape index (κ2) is 6.77. The van der Waals surface area contributed by atoms with E-state index in [9.17, 15) is 9.59 Å². The smallest absolute Gasteiger partial charge is 0.212 e. The number of allylic oxidation sites excluding steroid dienone is 2. The Morgan fingerprint density at radius 2 is 1.35 bits per heavy atom. The molecule has 1 aliphatic carbocycles. The Labute approximate surface area is 152 Å². The van der Waals surface area contributed by atoms with E-state index in [1.54, 1.807) is 24.3 Å². The van der Waals surface area contributed by atoms with Crippen molar-refractivity contribution in [2.45, 2.75) is 6.54 Å². The molecule has 0 spiro atoms. The van der Waals surface area contributed by atoms with Crippen molar-refractivity contribution in [3.05, 3.63) is 82.7 Å². The SMILES string of the molecule is NC1=C(N2CCN(Cc3ccccc3)CC2)C(=O)c2ccccc2C1=O. The Morgan fingerprint density at radius 3 is 2.00 bits per heavy atom. The standard InChI is InChI=1S/C21H21N3O2/c22-18-19(21(26)17-9-5-4-8-16(17)20(18)25)24-12-10-23(11-13-24)14-15-6-2-1-3-7-15/h1-9H,10-14,22H2. The second-order valence-electron chi connectivity index (χ2n) is 6.71. The van der Waals surface area contributed by atoms with Gasteiger partial charge in [0.2, 0.25) is 11.6 Å². The molecule has 1 fully saturated rings. The van der Waals surface area contributed by atoms with Crippen LogP contribution in [0.2, 0.25) is 0 Å². The number of hydrogen-bond acceptors (Lipinski definition) is 5. The predicted molar refractivity (Wildman–Crippen MR) is 99.6 cm³/mol. The maximum atomic E-state index is 12.9. The minimum Gasteiger partial charge on any atom is -0.394 e. The van der Waals surface area contributed by atoms with Gasteiger partial charge in [-0.15, -0.1) is 0 Å². The van der Waals surface area contributed by atoms with Gasteiger partial charge in [-0.1, -0.05) is 54.6 Å². The van der Waals surface area contributed by atoms with Gasteiger partial charge in [0.05, 0.1) is 0 Å². The van der Waals surface area contributed by atoms with E-state index < -0.39 is 0 Å². The molecule has 2 N–H and O–H groups in total. The van der Waals surface area contributed by atoms with Crippen LogP contribution in [0.4, 0.5) is 0 Å². The zero-order valence-electron chi connectivity index (χ0n) is 14.5. The van der Waals surface area contributed by atoms with Crippen LogP contribution in [0.3, 0.4) is 0 Å². The molecule has 132 valence electrons. The summed E-state index contributed by atoms with van der Waals surface area (Å²) < 4.78 is 0. The van der Waals surface area contributed by atoms with Crippen LogP contribution in [-0.4, -0.2) is 47.5 Å². The number of Topliss-reactive ketones (excluding diaryl/α,β-unsaturated/α-hetero) is 2. The third kappa shape index (κ3) is 2.91. The predicted octanol–water partition coefficient (Wildman–Crippen LogP) is 2.05. The summed E-state index contributed by atoms with van der Waals surface area (Å²) in [6, 6.07) is 17.2. The van der Waals surface area contributed by atoms with Crippen LogP contribution in [0, 0.1) is 0 Å². The Hall–Kier alpha value is -2.92. The topological polar surface area (TPSA) is 66.6 Å². The van der Waals surface area contributed by atoms with Gasteiger partial charge in [0.25, 0.3) is 0 Å². The molecular weight excluding hydrogens is 326 g/mol. The zero-order valence-corrected chi connectivity index (χ0v) is 14.5. The van der Waals surface area contributed by atoms with Crippen LogP contribution < -0.4 is 5.73 Å². The van der Waals surface area contributed by atoms with Crippen LogP contribution >= 0.6 is 0 Å². The van der Waals surface area contributed by atoms with E-state index in [1.165, 1.54) is 5.56 Å². The van der Waals surface area contributed by atoms with Gasteiger partial charge >= 0.3 is 0 Å². The molecule has 4 rings (SSSR count). The molecule has 1 heterocycles. The Balaban J connectivity index is 1.50. The molecular formula is C21H21N3O2. The van der Waals surface area contributed by atoms with Gasteiger partial charge in [0.15, 0.2) is 0 Å². The second-order valence-corrected chi connectivity index (χ2v) is 6.71. The molecule has 0 saturated carbocycles. The lowest BCUT2D eigenvalue weighted by molar-refractivity contribution is 0.0899. The fraction of sp³-hybridized carbons (Fsp3) is 0.238. The number of rotatable bonds is 3. The van der Waals surface area contributed by atoms with Crippen molar-refractivity contribution in [2.75, 3.05) is 26.2 Å². The van der Waals surface area contributed by atoms with Crippen molar-refractivity contribution in [3.63, 3.8) is 0 Å². The minimum atomic E-state index is -0.248. The molecule has 1 saturated heterocycles. The average molecular weight is 347 g/mol. The summed E-state index contributed by atoms with van der Waals surface area (Å²) in [6.07, 6.45) is 0. The van der Waals surface area contributed by atoms with Crippen LogP contribution in [0.5, 0.6) is 0 Å². The number of benzene rings is 2. The fourth-order valence-electron chi connectivity index (χ4n) is 3.67. The number of hydrogen-bond donors (Lipinski definition) is 1. The first-order valence-corrected chi connectivity index (χ1v) is 8.84. The van der Waals surface area contributed by atoms with E-state index >= 15 is 0 Å². The molecule has 2 aromatic carbocycles. The molecule has 5 heteroatoms. The van der Waals surface area contributed by atoms with Crippen molar-refractivity contribution in [1.29, 1.82) is 0 Å². The average Bonchev–Trinajstić information content (AvgIpc) is 2.68. The molecule has 0 radical (unpaired) electrons. The van der Waals surface area contributed by atoms with Gasteiger partial charge in [-0.3, -0.25) is 14.5 Å². The zero-order chi connectivity index (χ0) is 18.1. The summed E-state index contributed by atoms with van der Waals surface area (Å²) in [5.41, 5.74) is 8.65. The summed E-state index contributed by atoms with van der Waals surface area (Å²) in [7, 11) is 0. The van der Waals surface area contributed by atoms with E-state index in [0.717, 1.165) is 19.6 Å². The molecule has 0 bridgehead atoms. The number of ketones is 2. The van der Waals surface area contributed by atoms with Crippen molar-refractivity contribution in [3.8, 4) is 0 Å². The van der Waals surface area contributed by atoms with Crippen LogP contribution in [-0.2, 0) is 6.54 Å². The van der Waals surface area contributed by atoms with E-state index in [4.69, 9.17) is 5.73 Å². The lowest BCUT2D eigenvalue weighted by atomic mass is 9.90. The van der Waals surface area contributed by atoms with Gasteiger partial charge in [0, 0.05) is 43.9 Å². The normalized spacial score (nSPS) is 18.2. The third-order valence-electron chi connectivity index (χ3n) is 5.07.